The number of aliphatic hydroxyl groups excluding tert-OH is 1. The van der Waals surface area contributed by atoms with Gasteiger partial charge in [0.2, 0.25) is 5.92 Å². The highest BCUT2D eigenvalue weighted by molar-refractivity contribution is 5.79. The zero-order valence-electron chi connectivity index (χ0n) is 14.4. The lowest BCUT2D eigenvalue weighted by molar-refractivity contribution is -0.391. The number of hydrogen-bond donors (Lipinski definition) is 1. The molecule has 0 aromatic heterocycles. The molecule has 1 aliphatic carbocycles. The number of ether oxygens (including phenoxy) is 3. The van der Waals surface area contributed by atoms with Crippen LogP contribution in [0.15, 0.2) is 12.7 Å². The lowest BCUT2D eigenvalue weighted by Gasteiger charge is -2.35. The summed E-state index contributed by atoms with van der Waals surface area (Å²) in [7, 11) is 0. The van der Waals surface area contributed by atoms with Crippen LogP contribution in [0.25, 0.3) is 0 Å². The minimum atomic E-state index is -5.48. The van der Waals surface area contributed by atoms with Crippen LogP contribution in [0.3, 0.4) is 0 Å². The molecule has 152 valence electrons. The van der Waals surface area contributed by atoms with Crippen LogP contribution < -0.4 is 0 Å². The summed E-state index contributed by atoms with van der Waals surface area (Å²) in [6.07, 6.45) is -6.00. The topological polar surface area (TPSA) is 65.0 Å². The summed E-state index contributed by atoms with van der Waals surface area (Å²) in [5.41, 5.74) is 0. The molecule has 0 aromatic rings. The van der Waals surface area contributed by atoms with Crippen molar-refractivity contribution in [1.82, 2.24) is 0 Å². The Labute approximate surface area is 148 Å². The zero-order chi connectivity index (χ0) is 20.0. The predicted octanol–water partition coefficient (Wildman–Crippen LogP) is 3.70. The molecule has 0 spiro atoms. The first kappa shape index (κ1) is 22.8. The molecule has 0 bridgehead atoms. The molecule has 0 heterocycles. The van der Waals surface area contributed by atoms with Gasteiger partial charge in [-0.3, -0.25) is 0 Å². The number of alkyl halides is 5. The molecule has 2 unspecified atom stereocenters. The number of halogens is 5. The molecule has 0 radical (unpaired) electrons. The van der Waals surface area contributed by atoms with E-state index >= 15 is 0 Å². The van der Waals surface area contributed by atoms with E-state index in [0.717, 1.165) is 6.42 Å². The van der Waals surface area contributed by atoms with Gasteiger partial charge in [0.05, 0.1) is 6.61 Å². The molecular formula is C16H23F5O5. The maximum absolute atomic E-state index is 13.6. The largest absolute Gasteiger partial charge is 0.458 e. The highest BCUT2D eigenvalue weighted by atomic mass is 19.4. The van der Waals surface area contributed by atoms with E-state index in [9.17, 15) is 31.9 Å². The number of esters is 1. The van der Waals surface area contributed by atoms with Crippen LogP contribution in [0.4, 0.5) is 22.0 Å². The second-order valence-electron chi connectivity index (χ2n) is 6.19. The van der Waals surface area contributed by atoms with Crippen molar-refractivity contribution in [3.63, 3.8) is 0 Å². The fraction of sp³-hybridized carbons (Fsp3) is 0.812. The van der Waals surface area contributed by atoms with Crippen LogP contribution >= 0.6 is 0 Å². The maximum atomic E-state index is 13.6. The Morgan fingerprint density at radius 1 is 1.23 bits per heavy atom. The third kappa shape index (κ3) is 6.48. The summed E-state index contributed by atoms with van der Waals surface area (Å²) in [4.78, 5) is 12.3. The van der Waals surface area contributed by atoms with Crippen molar-refractivity contribution < 1.29 is 46.1 Å². The number of hydrogen-bond acceptors (Lipinski definition) is 5. The van der Waals surface area contributed by atoms with Gasteiger partial charge in [0.15, 0.2) is 6.29 Å². The van der Waals surface area contributed by atoms with Crippen molar-refractivity contribution in [3.8, 4) is 0 Å². The number of carbonyl (C=O) groups excluding carboxylic acids is 1. The molecule has 0 saturated heterocycles. The number of aliphatic hydroxyl groups is 1. The van der Waals surface area contributed by atoms with Crippen LogP contribution in [-0.2, 0) is 19.0 Å². The lowest BCUT2D eigenvalue weighted by Crippen LogP contribution is -2.59. The zero-order valence-corrected chi connectivity index (χ0v) is 14.4. The van der Waals surface area contributed by atoms with Gasteiger partial charge in [0.25, 0.3) is 0 Å². The average molecular weight is 390 g/mol. The van der Waals surface area contributed by atoms with E-state index in [1.54, 1.807) is 0 Å². The standard InChI is InChI=1S/C16H23F5O5/c1-3-12(22)26-15(16(19,20)21,24-10-9-14(2,17)18)13(23)25-11-7-5-4-6-8-11/h3,11-12,22H,1,4-10H2,2H3. The van der Waals surface area contributed by atoms with Crippen molar-refractivity contribution in [2.24, 2.45) is 0 Å². The Kier molecular flexibility index (Phi) is 7.97. The molecular weight excluding hydrogens is 367 g/mol. The van der Waals surface area contributed by atoms with Gasteiger partial charge >= 0.3 is 17.9 Å². The SMILES string of the molecule is C=CC(O)OC(OCCC(C)(F)F)(C(=O)OC1CCCCC1)C(F)(F)F. The van der Waals surface area contributed by atoms with Gasteiger partial charge in [0.1, 0.15) is 6.10 Å². The van der Waals surface area contributed by atoms with Crippen molar-refractivity contribution >= 4 is 5.97 Å². The van der Waals surface area contributed by atoms with Crippen LogP contribution in [0.1, 0.15) is 45.4 Å². The summed E-state index contributed by atoms with van der Waals surface area (Å²) in [6.45, 7) is 2.40. The van der Waals surface area contributed by atoms with Gasteiger partial charge in [0, 0.05) is 6.42 Å². The summed E-state index contributed by atoms with van der Waals surface area (Å²) in [6, 6.07) is 0. The van der Waals surface area contributed by atoms with Crippen LogP contribution in [-0.4, -0.2) is 48.0 Å². The Morgan fingerprint density at radius 3 is 2.27 bits per heavy atom. The van der Waals surface area contributed by atoms with Crippen molar-refractivity contribution in [1.29, 1.82) is 0 Å². The fourth-order valence-electron chi connectivity index (χ4n) is 2.41. The molecule has 1 fully saturated rings. The van der Waals surface area contributed by atoms with Gasteiger partial charge in [-0.25, -0.2) is 13.6 Å². The second kappa shape index (κ2) is 9.09. The van der Waals surface area contributed by atoms with Crippen LogP contribution in [0.2, 0.25) is 0 Å². The minimum absolute atomic E-state index is 0.372. The molecule has 2 atom stereocenters. The van der Waals surface area contributed by atoms with E-state index in [4.69, 9.17) is 4.74 Å². The van der Waals surface area contributed by atoms with E-state index in [2.05, 4.69) is 16.1 Å². The molecule has 26 heavy (non-hydrogen) atoms. The minimum Gasteiger partial charge on any atom is -0.458 e. The van der Waals surface area contributed by atoms with Gasteiger partial charge in [-0.1, -0.05) is 13.0 Å². The maximum Gasteiger partial charge on any atom is 0.455 e. The Hall–Kier alpha value is -1.26. The fourth-order valence-corrected chi connectivity index (χ4v) is 2.41. The molecule has 0 aromatic carbocycles. The number of carbonyl (C=O) groups is 1. The first-order chi connectivity index (χ1) is 11.9. The van der Waals surface area contributed by atoms with E-state index < -0.39 is 49.3 Å². The monoisotopic (exact) mass is 390 g/mol. The molecule has 5 nitrogen and oxygen atoms in total. The van der Waals surface area contributed by atoms with Crippen LogP contribution in [0, 0.1) is 0 Å². The van der Waals surface area contributed by atoms with E-state index in [-0.39, 0.29) is 0 Å². The normalized spacial score (nSPS) is 20.3. The molecule has 1 rings (SSSR count). The van der Waals surface area contributed by atoms with Gasteiger partial charge in [-0.2, -0.15) is 13.2 Å². The first-order valence-corrected chi connectivity index (χ1v) is 8.19. The highest BCUT2D eigenvalue weighted by Gasteiger charge is 2.66. The molecule has 0 aliphatic heterocycles. The van der Waals surface area contributed by atoms with Crippen molar-refractivity contribution in [2.45, 2.75) is 75.7 Å². The average Bonchev–Trinajstić information content (AvgIpc) is 2.52. The second-order valence-corrected chi connectivity index (χ2v) is 6.19. The highest BCUT2D eigenvalue weighted by Crippen LogP contribution is 2.38. The van der Waals surface area contributed by atoms with Crippen LogP contribution in [0.5, 0.6) is 0 Å². The van der Waals surface area contributed by atoms with Crippen molar-refractivity contribution in [3.05, 3.63) is 12.7 Å². The summed E-state index contributed by atoms with van der Waals surface area (Å²) in [5, 5.41) is 9.39. The van der Waals surface area contributed by atoms with Crippen molar-refractivity contribution in [2.75, 3.05) is 6.61 Å². The van der Waals surface area contributed by atoms with E-state index in [1.165, 1.54) is 0 Å². The smallest absolute Gasteiger partial charge is 0.455 e. The lowest BCUT2D eigenvalue weighted by atomic mass is 9.98. The van der Waals surface area contributed by atoms with Gasteiger partial charge in [-0.15, -0.1) is 0 Å². The summed E-state index contributed by atoms with van der Waals surface area (Å²) in [5.74, 6) is -9.28. The Balaban J connectivity index is 3.04. The van der Waals surface area contributed by atoms with E-state index in [1.807, 2.05) is 0 Å². The predicted molar refractivity (Wildman–Crippen MR) is 80.2 cm³/mol. The third-order valence-corrected chi connectivity index (χ3v) is 3.80. The summed E-state index contributed by atoms with van der Waals surface area (Å²) >= 11 is 0. The van der Waals surface area contributed by atoms with E-state index in [0.29, 0.717) is 38.7 Å². The first-order valence-electron chi connectivity index (χ1n) is 8.19. The quantitative estimate of drug-likeness (QED) is 0.281. The van der Waals surface area contributed by atoms with Gasteiger partial charge < -0.3 is 19.3 Å². The van der Waals surface area contributed by atoms with Gasteiger partial charge in [-0.05, 0) is 38.7 Å². The Morgan fingerprint density at radius 2 is 1.81 bits per heavy atom. The molecule has 1 N–H and O–H groups in total. The number of rotatable bonds is 9. The molecule has 1 aliphatic rings. The Bertz CT molecular complexity index is 471. The third-order valence-electron chi connectivity index (χ3n) is 3.80. The molecule has 0 amide bonds. The summed E-state index contributed by atoms with van der Waals surface area (Å²) < 4.78 is 80.3. The molecule has 1 saturated carbocycles. The molecule has 10 heteroatoms.